The molecule has 0 saturated carbocycles. The number of anilines is 1. The molecule has 1 aromatic carbocycles. The number of nitrogens with two attached hydrogens (primary N) is 1. The van der Waals surface area contributed by atoms with Crippen LogP contribution in [0.2, 0.25) is 0 Å². The summed E-state index contributed by atoms with van der Waals surface area (Å²) in [6.45, 7) is 5.22. The summed E-state index contributed by atoms with van der Waals surface area (Å²) in [5, 5.41) is 3.07. The molecule has 0 fully saturated rings. The maximum absolute atomic E-state index is 5.87. The molecule has 0 saturated heterocycles. The molecule has 0 atom stereocenters. The Bertz CT molecular complexity index is 427. The average Bonchev–Trinajstić information content (AvgIpc) is 2.43. The molecule has 0 unspecified atom stereocenters. The number of ether oxygens (including phenoxy) is 1. The smallest absolute Gasteiger partial charge is 0.193 e. The average molecular weight is 423 g/mol. The van der Waals surface area contributed by atoms with Crippen LogP contribution in [0.5, 0.6) is 5.75 Å². The van der Waals surface area contributed by atoms with Gasteiger partial charge in [-0.3, -0.25) is 4.99 Å². The second-order valence-corrected chi connectivity index (χ2v) is 6.06. The Labute approximate surface area is 149 Å². The van der Waals surface area contributed by atoms with Crippen LogP contribution < -0.4 is 15.8 Å². The van der Waals surface area contributed by atoms with Crippen LogP contribution in [0.1, 0.15) is 20.3 Å². The lowest BCUT2D eigenvalue weighted by molar-refractivity contribution is 0.417. The summed E-state index contributed by atoms with van der Waals surface area (Å²) >= 11 is 1.97. The standard InChI is InChI=1S/C15H25N3OS.HI/c1-12(2)11-20-10-6-9-17-15(16)18-13-7-4-5-8-14(13)19-3;/h4-5,7-8,12H,6,9-11H2,1-3H3,(H3,16,17,18);1H. The molecule has 0 aliphatic rings. The third-order valence-corrected chi connectivity index (χ3v) is 4.03. The summed E-state index contributed by atoms with van der Waals surface area (Å²) in [5.41, 5.74) is 6.71. The summed E-state index contributed by atoms with van der Waals surface area (Å²) in [7, 11) is 1.64. The summed E-state index contributed by atoms with van der Waals surface area (Å²) in [4.78, 5) is 4.33. The number of para-hydroxylation sites is 2. The maximum atomic E-state index is 5.87. The zero-order valence-electron chi connectivity index (χ0n) is 13.0. The van der Waals surface area contributed by atoms with E-state index < -0.39 is 0 Å². The molecule has 0 aliphatic heterocycles. The Morgan fingerprint density at radius 2 is 2.10 bits per heavy atom. The van der Waals surface area contributed by atoms with Crippen LogP contribution in [0.3, 0.4) is 0 Å². The highest BCUT2D eigenvalue weighted by Gasteiger charge is 2.01. The fraction of sp³-hybridized carbons (Fsp3) is 0.533. The minimum atomic E-state index is 0. The molecule has 0 amide bonds. The van der Waals surface area contributed by atoms with Crippen molar-refractivity contribution >= 4 is 47.4 Å². The van der Waals surface area contributed by atoms with Crippen LogP contribution in [-0.2, 0) is 0 Å². The fourth-order valence-electron chi connectivity index (χ4n) is 1.61. The zero-order valence-corrected chi connectivity index (χ0v) is 16.1. The van der Waals surface area contributed by atoms with Gasteiger partial charge in [0.25, 0.3) is 0 Å². The van der Waals surface area contributed by atoms with Crippen molar-refractivity contribution in [3.05, 3.63) is 24.3 Å². The van der Waals surface area contributed by atoms with Crippen molar-refractivity contribution in [2.45, 2.75) is 20.3 Å². The molecular formula is C15H26IN3OS. The van der Waals surface area contributed by atoms with E-state index in [1.165, 1.54) is 5.75 Å². The van der Waals surface area contributed by atoms with Gasteiger partial charge in [0.2, 0.25) is 0 Å². The summed E-state index contributed by atoms with van der Waals surface area (Å²) in [6.07, 6.45) is 1.05. The van der Waals surface area contributed by atoms with Crippen molar-refractivity contribution in [2.24, 2.45) is 16.6 Å². The van der Waals surface area contributed by atoms with Gasteiger partial charge < -0.3 is 15.8 Å². The zero-order chi connectivity index (χ0) is 14.8. The first-order valence-corrected chi connectivity index (χ1v) is 8.06. The summed E-state index contributed by atoms with van der Waals surface area (Å²) < 4.78 is 5.25. The third kappa shape index (κ3) is 9.08. The molecule has 1 rings (SSSR count). The van der Waals surface area contributed by atoms with Crippen molar-refractivity contribution in [2.75, 3.05) is 30.5 Å². The predicted octanol–water partition coefficient (Wildman–Crippen LogP) is 3.82. The Balaban J connectivity index is 0.00000400. The molecule has 0 aliphatic carbocycles. The van der Waals surface area contributed by atoms with Gasteiger partial charge in [0, 0.05) is 6.54 Å². The van der Waals surface area contributed by atoms with Gasteiger partial charge in [-0.2, -0.15) is 11.8 Å². The molecule has 3 N–H and O–H groups in total. The molecule has 0 spiro atoms. The second kappa shape index (κ2) is 12.0. The van der Waals surface area contributed by atoms with Crippen LogP contribution in [0, 0.1) is 5.92 Å². The normalized spacial score (nSPS) is 11.1. The third-order valence-electron chi connectivity index (χ3n) is 2.55. The van der Waals surface area contributed by atoms with Gasteiger partial charge in [-0.05, 0) is 36.0 Å². The van der Waals surface area contributed by atoms with Crippen LogP contribution in [-0.4, -0.2) is 31.1 Å². The van der Waals surface area contributed by atoms with E-state index in [2.05, 4.69) is 24.2 Å². The van der Waals surface area contributed by atoms with E-state index >= 15 is 0 Å². The van der Waals surface area contributed by atoms with E-state index in [-0.39, 0.29) is 24.0 Å². The first-order valence-electron chi connectivity index (χ1n) is 6.91. The first-order chi connectivity index (χ1) is 9.63. The highest BCUT2D eigenvalue weighted by molar-refractivity contribution is 14.0. The highest BCUT2D eigenvalue weighted by Crippen LogP contribution is 2.22. The first kappa shape index (κ1) is 20.4. The number of methoxy groups -OCH3 is 1. The van der Waals surface area contributed by atoms with Gasteiger partial charge >= 0.3 is 0 Å². The number of nitrogens with one attached hydrogen (secondary N) is 1. The van der Waals surface area contributed by atoms with Gasteiger partial charge in [-0.1, -0.05) is 26.0 Å². The fourth-order valence-corrected chi connectivity index (χ4v) is 2.58. The van der Waals surface area contributed by atoms with Crippen molar-refractivity contribution in [3.63, 3.8) is 0 Å². The number of guanidine groups is 1. The molecule has 0 bridgehead atoms. The van der Waals surface area contributed by atoms with E-state index in [1.54, 1.807) is 7.11 Å². The number of benzene rings is 1. The summed E-state index contributed by atoms with van der Waals surface area (Å²) in [6, 6.07) is 7.65. The number of halogens is 1. The molecule has 1 aromatic rings. The van der Waals surface area contributed by atoms with E-state index in [0.717, 1.165) is 36.1 Å². The lowest BCUT2D eigenvalue weighted by Crippen LogP contribution is -2.23. The molecular weight excluding hydrogens is 397 g/mol. The lowest BCUT2D eigenvalue weighted by atomic mass is 10.3. The molecule has 6 heteroatoms. The SMILES string of the molecule is COc1ccccc1NC(N)=NCCCSCC(C)C.I. The van der Waals surface area contributed by atoms with Gasteiger partial charge in [0.05, 0.1) is 12.8 Å². The minimum Gasteiger partial charge on any atom is -0.495 e. The van der Waals surface area contributed by atoms with Crippen molar-refractivity contribution in [1.29, 1.82) is 0 Å². The highest BCUT2D eigenvalue weighted by atomic mass is 127. The summed E-state index contributed by atoms with van der Waals surface area (Å²) in [5.74, 6) is 4.28. The number of hydrogen-bond acceptors (Lipinski definition) is 3. The number of aliphatic imine (C=N–C) groups is 1. The molecule has 4 nitrogen and oxygen atoms in total. The van der Waals surface area contributed by atoms with Gasteiger partial charge in [-0.15, -0.1) is 24.0 Å². The second-order valence-electron chi connectivity index (χ2n) is 4.91. The number of nitrogens with zero attached hydrogens (tertiary/aromatic N) is 1. The van der Waals surface area contributed by atoms with Crippen LogP contribution in [0.15, 0.2) is 29.3 Å². The van der Waals surface area contributed by atoms with Crippen LogP contribution in [0.4, 0.5) is 5.69 Å². The lowest BCUT2D eigenvalue weighted by Gasteiger charge is -2.10. The minimum absolute atomic E-state index is 0. The quantitative estimate of drug-likeness (QED) is 0.289. The predicted molar refractivity (Wildman–Crippen MR) is 105 cm³/mol. The Kier molecular flexibility index (Phi) is 11.6. The van der Waals surface area contributed by atoms with Gasteiger partial charge in [0.15, 0.2) is 5.96 Å². The molecule has 120 valence electrons. The Morgan fingerprint density at radius 1 is 1.38 bits per heavy atom. The van der Waals surface area contributed by atoms with Gasteiger partial charge in [-0.25, -0.2) is 0 Å². The molecule has 0 heterocycles. The van der Waals surface area contributed by atoms with Crippen molar-refractivity contribution < 1.29 is 4.74 Å². The number of rotatable bonds is 8. The van der Waals surface area contributed by atoms with E-state index in [4.69, 9.17) is 10.5 Å². The van der Waals surface area contributed by atoms with E-state index in [0.29, 0.717) is 5.96 Å². The molecule has 0 radical (unpaired) electrons. The largest absolute Gasteiger partial charge is 0.495 e. The maximum Gasteiger partial charge on any atom is 0.193 e. The Morgan fingerprint density at radius 3 is 2.76 bits per heavy atom. The monoisotopic (exact) mass is 423 g/mol. The topological polar surface area (TPSA) is 59.6 Å². The van der Waals surface area contributed by atoms with E-state index in [9.17, 15) is 0 Å². The number of hydrogen-bond donors (Lipinski definition) is 2. The van der Waals surface area contributed by atoms with Crippen LogP contribution >= 0.6 is 35.7 Å². The van der Waals surface area contributed by atoms with Crippen LogP contribution in [0.25, 0.3) is 0 Å². The van der Waals surface area contributed by atoms with Gasteiger partial charge in [0.1, 0.15) is 5.75 Å². The van der Waals surface area contributed by atoms with Crippen molar-refractivity contribution in [1.82, 2.24) is 0 Å². The van der Waals surface area contributed by atoms with Crippen molar-refractivity contribution in [3.8, 4) is 5.75 Å². The Hall–Kier alpha value is -0.630. The molecule has 21 heavy (non-hydrogen) atoms. The molecule has 0 aromatic heterocycles. The number of thioether (sulfide) groups is 1. The van der Waals surface area contributed by atoms with E-state index in [1.807, 2.05) is 36.0 Å².